The van der Waals surface area contributed by atoms with E-state index in [1.807, 2.05) is 0 Å². The van der Waals surface area contributed by atoms with Crippen molar-refractivity contribution >= 4 is 5.84 Å². The molecule has 2 aromatic rings. The topological polar surface area (TPSA) is 27.1 Å². The van der Waals surface area contributed by atoms with Crippen LogP contribution in [0.1, 0.15) is 42.0 Å². The molecular formula is C19H22N2. The second-order valence-electron chi connectivity index (χ2n) is 6.07. The molecule has 2 nitrogen and oxygen atoms in total. The fourth-order valence-corrected chi connectivity index (χ4v) is 2.91. The van der Waals surface area contributed by atoms with Crippen molar-refractivity contribution in [3.05, 3.63) is 70.8 Å². The van der Waals surface area contributed by atoms with Crippen LogP contribution >= 0.6 is 0 Å². The van der Waals surface area contributed by atoms with Crippen LogP contribution in [-0.4, -0.2) is 17.3 Å². The van der Waals surface area contributed by atoms with Gasteiger partial charge in [-0.2, -0.15) is 0 Å². The van der Waals surface area contributed by atoms with Crippen molar-refractivity contribution in [2.24, 2.45) is 0 Å². The summed E-state index contributed by atoms with van der Waals surface area (Å²) in [4.78, 5) is 2.18. The first-order valence-electron chi connectivity index (χ1n) is 7.66. The molecule has 1 aliphatic heterocycles. The third kappa shape index (κ3) is 2.85. The standard InChI is InChI=1S/C19H22N2/c1-14(2)16-8-5-9-17(12-16)19(20)21-11-10-15-6-3-4-7-18(15)13-21/h3-9,12,14,20H,10-11,13H2,1-2H3. The number of hydrogen-bond donors (Lipinski definition) is 1. The summed E-state index contributed by atoms with van der Waals surface area (Å²) in [6.07, 6.45) is 1.03. The highest BCUT2D eigenvalue weighted by Crippen LogP contribution is 2.22. The second kappa shape index (κ2) is 5.72. The Labute approximate surface area is 126 Å². The number of nitrogens with one attached hydrogen (secondary N) is 1. The first-order valence-corrected chi connectivity index (χ1v) is 7.66. The summed E-state index contributed by atoms with van der Waals surface area (Å²) < 4.78 is 0. The number of fused-ring (bicyclic) bond motifs is 1. The molecule has 1 heterocycles. The van der Waals surface area contributed by atoms with E-state index in [1.54, 1.807) is 0 Å². The minimum atomic E-state index is 0.500. The summed E-state index contributed by atoms with van der Waals surface area (Å²) >= 11 is 0. The highest BCUT2D eigenvalue weighted by molar-refractivity contribution is 5.96. The molecule has 1 N–H and O–H groups in total. The predicted octanol–water partition coefficient (Wildman–Crippen LogP) is 4.19. The molecular weight excluding hydrogens is 256 g/mol. The van der Waals surface area contributed by atoms with Gasteiger partial charge in [-0.15, -0.1) is 0 Å². The van der Waals surface area contributed by atoms with Gasteiger partial charge in [0.05, 0.1) is 0 Å². The Bertz CT molecular complexity index is 658. The van der Waals surface area contributed by atoms with Gasteiger partial charge in [0.25, 0.3) is 0 Å². The molecule has 0 saturated carbocycles. The SMILES string of the molecule is CC(C)c1cccc(C(=N)N2CCc3ccccc3C2)c1. The van der Waals surface area contributed by atoms with E-state index in [4.69, 9.17) is 5.41 Å². The molecule has 0 aliphatic carbocycles. The number of hydrogen-bond acceptors (Lipinski definition) is 1. The average molecular weight is 278 g/mol. The fraction of sp³-hybridized carbons (Fsp3) is 0.316. The smallest absolute Gasteiger partial charge is 0.128 e. The molecule has 0 radical (unpaired) electrons. The quantitative estimate of drug-likeness (QED) is 0.647. The normalized spacial score (nSPS) is 14.1. The Morgan fingerprint density at radius 3 is 2.57 bits per heavy atom. The number of amidine groups is 1. The van der Waals surface area contributed by atoms with Crippen molar-refractivity contribution in [2.45, 2.75) is 32.7 Å². The molecule has 3 rings (SSSR count). The lowest BCUT2D eigenvalue weighted by atomic mass is 9.97. The van der Waals surface area contributed by atoms with Gasteiger partial charge in [0, 0.05) is 18.7 Å². The summed E-state index contributed by atoms with van der Waals surface area (Å²) in [5, 5.41) is 8.53. The van der Waals surface area contributed by atoms with Crippen molar-refractivity contribution in [1.29, 1.82) is 5.41 Å². The van der Waals surface area contributed by atoms with Crippen LogP contribution < -0.4 is 0 Å². The average Bonchev–Trinajstić information content (AvgIpc) is 2.53. The zero-order chi connectivity index (χ0) is 14.8. The van der Waals surface area contributed by atoms with E-state index in [2.05, 4.69) is 67.3 Å². The van der Waals surface area contributed by atoms with Crippen molar-refractivity contribution in [3.63, 3.8) is 0 Å². The molecule has 0 fully saturated rings. The number of benzene rings is 2. The van der Waals surface area contributed by atoms with E-state index in [-0.39, 0.29) is 0 Å². The predicted molar refractivity (Wildman–Crippen MR) is 87.9 cm³/mol. The van der Waals surface area contributed by atoms with Crippen LogP contribution in [0.15, 0.2) is 48.5 Å². The van der Waals surface area contributed by atoms with Crippen LogP contribution in [0.2, 0.25) is 0 Å². The van der Waals surface area contributed by atoms with Crippen LogP contribution in [-0.2, 0) is 13.0 Å². The van der Waals surface area contributed by atoms with Gasteiger partial charge in [-0.3, -0.25) is 5.41 Å². The number of nitrogens with zero attached hydrogens (tertiary/aromatic N) is 1. The number of rotatable bonds is 2. The van der Waals surface area contributed by atoms with Gasteiger partial charge in [-0.25, -0.2) is 0 Å². The monoisotopic (exact) mass is 278 g/mol. The van der Waals surface area contributed by atoms with E-state index in [9.17, 15) is 0 Å². The lowest BCUT2D eigenvalue weighted by Crippen LogP contribution is -2.36. The Hall–Kier alpha value is -2.09. The van der Waals surface area contributed by atoms with E-state index >= 15 is 0 Å². The van der Waals surface area contributed by atoms with E-state index in [0.717, 1.165) is 25.1 Å². The van der Waals surface area contributed by atoms with Crippen LogP contribution in [0.25, 0.3) is 0 Å². The summed E-state index contributed by atoms with van der Waals surface area (Å²) in [7, 11) is 0. The van der Waals surface area contributed by atoms with E-state index < -0.39 is 0 Å². The summed E-state index contributed by atoms with van der Waals surface area (Å²) in [6, 6.07) is 17.0. The van der Waals surface area contributed by atoms with Gasteiger partial charge in [0.1, 0.15) is 5.84 Å². The molecule has 0 saturated heterocycles. The largest absolute Gasteiger partial charge is 0.352 e. The van der Waals surface area contributed by atoms with Gasteiger partial charge in [0.15, 0.2) is 0 Å². The van der Waals surface area contributed by atoms with Crippen LogP contribution in [0, 0.1) is 5.41 Å². The van der Waals surface area contributed by atoms with Gasteiger partial charge >= 0.3 is 0 Å². The highest BCUT2D eigenvalue weighted by Gasteiger charge is 2.19. The lowest BCUT2D eigenvalue weighted by Gasteiger charge is -2.31. The molecule has 2 aromatic carbocycles. The van der Waals surface area contributed by atoms with Gasteiger partial charge in [-0.05, 0) is 35.1 Å². The Kier molecular flexibility index (Phi) is 3.78. The molecule has 2 heteroatoms. The Morgan fingerprint density at radius 1 is 1.05 bits per heavy atom. The molecule has 0 atom stereocenters. The van der Waals surface area contributed by atoms with E-state index in [1.165, 1.54) is 16.7 Å². The van der Waals surface area contributed by atoms with Gasteiger partial charge < -0.3 is 4.90 Å². The van der Waals surface area contributed by atoms with Crippen molar-refractivity contribution in [3.8, 4) is 0 Å². The summed E-state index contributed by atoms with van der Waals surface area (Å²) in [5.74, 6) is 1.15. The fourth-order valence-electron chi connectivity index (χ4n) is 2.91. The van der Waals surface area contributed by atoms with Crippen LogP contribution in [0.4, 0.5) is 0 Å². The molecule has 108 valence electrons. The third-order valence-corrected chi connectivity index (χ3v) is 4.27. The minimum Gasteiger partial charge on any atom is -0.352 e. The maximum absolute atomic E-state index is 8.53. The Morgan fingerprint density at radius 2 is 1.81 bits per heavy atom. The summed E-state index contributed by atoms with van der Waals surface area (Å²) in [6.45, 7) is 6.17. The molecule has 0 amide bonds. The van der Waals surface area contributed by atoms with Crippen molar-refractivity contribution in [2.75, 3.05) is 6.54 Å². The maximum atomic E-state index is 8.53. The van der Waals surface area contributed by atoms with Crippen LogP contribution in [0.3, 0.4) is 0 Å². The molecule has 0 aromatic heterocycles. The lowest BCUT2D eigenvalue weighted by molar-refractivity contribution is 0.392. The molecule has 21 heavy (non-hydrogen) atoms. The second-order valence-corrected chi connectivity index (χ2v) is 6.07. The first kappa shape index (κ1) is 13.9. The third-order valence-electron chi connectivity index (χ3n) is 4.27. The van der Waals surface area contributed by atoms with Gasteiger partial charge in [0.2, 0.25) is 0 Å². The first-order chi connectivity index (χ1) is 10.1. The Balaban J connectivity index is 1.82. The highest BCUT2D eigenvalue weighted by atomic mass is 15.2. The van der Waals surface area contributed by atoms with Crippen molar-refractivity contribution < 1.29 is 0 Å². The maximum Gasteiger partial charge on any atom is 0.128 e. The molecule has 0 spiro atoms. The van der Waals surface area contributed by atoms with Crippen LogP contribution in [0.5, 0.6) is 0 Å². The van der Waals surface area contributed by atoms with Crippen molar-refractivity contribution in [1.82, 2.24) is 4.90 Å². The zero-order valence-electron chi connectivity index (χ0n) is 12.8. The molecule has 1 aliphatic rings. The van der Waals surface area contributed by atoms with E-state index in [0.29, 0.717) is 11.8 Å². The molecule has 0 bridgehead atoms. The van der Waals surface area contributed by atoms with Gasteiger partial charge in [-0.1, -0.05) is 56.3 Å². The summed E-state index contributed by atoms with van der Waals surface area (Å²) in [5.41, 5.74) is 5.11. The molecule has 0 unspecified atom stereocenters. The minimum absolute atomic E-state index is 0.500. The zero-order valence-corrected chi connectivity index (χ0v) is 12.8.